The average molecular weight is 329 g/mol. The Balaban J connectivity index is 2.47. The van der Waals surface area contributed by atoms with E-state index in [0.29, 0.717) is 0 Å². The Bertz CT molecular complexity index is 644. The second-order valence-electron chi connectivity index (χ2n) is 3.57. The van der Waals surface area contributed by atoms with E-state index < -0.39 is 17.6 Å². The molecule has 19 heavy (non-hydrogen) atoms. The predicted molar refractivity (Wildman–Crippen MR) is 67.5 cm³/mol. The molecule has 2 rings (SSSR count). The van der Waals surface area contributed by atoms with Crippen LogP contribution in [0.4, 0.5) is 8.78 Å². The standard InChI is InChI=1S/C13H7BrF2O3/c14-7-3-1-5-9(11(7)13(17)18)19-10-6-2-4-8(15)12(10)16/h1-6H,(H,17,18). The molecule has 0 heterocycles. The summed E-state index contributed by atoms with van der Waals surface area (Å²) in [5.41, 5.74) is -0.161. The Morgan fingerprint density at radius 2 is 1.74 bits per heavy atom. The summed E-state index contributed by atoms with van der Waals surface area (Å²) in [7, 11) is 0. The van der Waals surface area contributed by atoms with E-state index in [1.165, 1.54) is 30.3 Å². The van der Waals surface area contributed by atoms with Gasteiger partial charge in [-0.15, -0.1) is 0 Å². The molecule has 0 aliphatic carbocycles. The molecule has 0 saturated heterocycles. The lowest BCUT2D eigenvalue weighted by molar-refractivity contribution is 0.0693. The number of aromatic carboxylic acids is 1. The predicted octanol–water partition coefficient (Wildman–Crippen LogP) is 4.22. The van der Waals surface area contributed by atoms with Gasteiger partial charge in [-0.1, -0.05) is 12.1 Å². The molecule has 0 atom stereocenters. The summed E-state index contributed by atoms with van der Waals surface area (Å²) >= 11 is 3.07. The van der Waals surface area contributed by atoms with Gasteiger partial charge in [0.1, 0.15) is 11.3 Å². The first-order chi connectivity index (χ1) is 9.00. The van der Waals surface area contributed by atoms with Gasteiger partial charge >= 0.3 is 5.97 Å². The third-order valence-electron chi connectivity index (χ3n) is 2.33. The molecular weight excluding hydrogens is 322 g/mol. The Labute approximate surface area is 115 Å². The minimum absolute atomic E-state index is 0.0774. The van der Waals surface area contributed by atoms with Gasteiger partial charge in [-0.3, -0.25) is 0 Å². The maximum absolute atomic E-state index is 13.5. The van der Waals surface area contributed by atoms with Crippen LogP contribution in [0.1, 0.15) is 10.4 Å². The zero-order chi connectivity index (χ0) is 14.0. The zero-order valence-corrected chi connectivity index (χ0v) is 10.9. The molecule has 0 aliphatic heterocycles. The summed E-state index contributed by atoms with van der Waals surface area (Å²) in [5.74, 6) is -3.92. The summed E-state index contributed by atoms with van der Waals surface area (Å²) < 4.78 is 31.9. The van der Waals surface area contributed by atoms with Crippen LogP contribution in [-0.4, -0.2) is 11.1 Å². The first-order valence-electron chi connectivity index (χ1n) is 5.14. The van der Waals surface area contributed by atoms with Gasteiger partial charge in [0, 0.05) is 4.47 Å². The maximum atomic E-state index is 13.5. The molecule has 2 aromatic rings. The molecule has 0 fully saturated rings. The number of hydrogen-bond donors (Lipinski definition) is 1. The number of halogens is 3. The van der Waals surface area contributed by atoms with Crippen molar-refractivity contribution in [3.63, 3.8) is 0 Å². The van der Waals surface area contributed by atoms with Gasteiger partial charge in [-0.2, -0.15) is 4.39 Å². The zero-order valence-electron chi connectivity index (χ0n) is 9.36. The number of carboxylic acids is 1. The van der Waals surface area contributed by atoms with Crippen molar-refractivity contribution in [2.24, 2.45) is 0 Å². The highest BCUT2D eigenvalue weighted by Crippen LogP contribution is 2.32. The number of hydrogen-bond acceptors (Lipinski definition) is 2. The molecule has 1 N–H and O–H groups in total. The van der Waals surface area contributed by atoms with E-state index in [4.69, 9.17) is 9.84 Å². The summed E-state index contributed by atoms with van der Waals surface area (Å²) in [6.45, 7) is 0. The SMILES string of the molecule is O=C(O)c1c(Br)cccc1Oc1cccc(F)c1F. The number of carboxylic acid groups (broad SMARTS) is 1. The Hall–Kier alpha value is -1.95. The van der Waals surface area contributed by atoms with Crippen LogP contribution in [0.5, 0.6) is 11.5 Å². The van der Waals surface area contributed by atoms with Crippen LogP contribution in [0.15, 0.2) is 40.9 Å². The summed E-state index contributed by atoms with van der Waals surface area (Å²) in [6, 6.07) is 7.83. The molecule has 0 unspecified atom stereocenters. The minimum atomic E-state index is -1.24. The van der Waals surface area contributed by atoms with Crippen LogP contribution in [0.3, 0.4) is 0 Å². The Morgan fingerprint density at radius 3 is 2.42 bits per heavy atom. The third kappa shape index (κ3) is 2.73. The van der Waals surface area contributed by atoms with Crippen molar-refractivity contribution in [2.75, 3.05) is 0 Å². The van der Waals surface area contributed by atoms with E-state index in [0.717, 1.165) is 6.07 Å². The van der Waals surface area contributed by atoms with E-state index in [1.54, 1.807) is 0 Å². The molecule has 0 aromatic heterocycles. The molecule has 0 spiro atoms. The molecule has 0 bridgehead atoms. The lowest BCUT2D eigenvalue weighted by atomic mass is 10.2. The number of carbonyl (C=O) groups is 1. The van der Waals surface area contributed by atoms with Crippen molar-refractivity contribution in [3.8, 4) is 11.5 Å². The average Bonchev–Trinajstić information content (AvgIpc) is 2.34. The van der Waals surface area contributed by atoms with Gasteiger partial charge in [0.2, 0.25) is 5.82 Å². The largest absolute Gasteiger partial charge is 0.478 e. The van der Waals surface area contributed by atoms with E-state index in [1.807, 2.05) is 0 Å². The van der Waals surface area contributed by atoms with Crippen molar-refractivity contribution in [3.05, 3.63) is 58.1 Å². The smallest absolute Gasteiger partial charge is 0.340 e. The first kappa shape index (κ1) is 13.5. The summed E-state index contributed by atoms with van der Waals surface area (Å²) in [5, 5.41) is 9.07. The fourth-order valence-electron chi connectivity index (χ4n) is 1.48. The summed E-state index contributed by atoms with van der Waals surface area (Å²) in [4.78, 5) is 11.1. The Morgan fingerprint density at radius 1 is 1.11 bits per heavy atom. The topological polar surface area (TPSA) is 46.5 Å². The molecule has 0 aliphatic rings. The first-order valence-corrected chi connectivity index (χ1v) is 5.93. The second kappa shape index (κ2) is 5.36. The molecule has 0 radical (unpaired) electrons. The lowest BCUT2D eigenvalue weighted by Gasteiger charge is -2.10. The fraction of sp³-hybridized carbons (Fsp3) is 0. The molecule has 2 aromatic carbocycles. The molecule has 6 heteroatoms. The molecule has 98 valence electrons. The van der Waals surface area contributed by atoms with Gasteiger partial charge in [-0.05, 0) is 40.2 Å². The van der Waals surface area contributed by atoms with E-state index in [-0.39, 0.29) is 21.5 Å². The van der Waals surface area contributed by atoms with Crippen molar-refractivity contribution >= 4 is 21.9 Å². The van der Waals surface area contributed by atoms with Crippen LogP contribution >= 0.6 is 15.9 Å². The van der Waals surface area contributed by atoms with Crippen molar-refractivity contribution in [1.29, 1.82) is 0 Å². The van der Waals surface area contributed by atoms with Crippen molar-refractivity contribution in [2.45, 2.75) is 0 Å². The monoisotopic (exact) mass is 328 g/mol. The highest BCUT2D eigenvalue weighted by molar-refractivity contribution is 9.10. The molecule has 0 amide bonds. The lowest BCUT2D eigenvalue weighted by Crippen LogP contribution is -2.02. The molecular formula is C13H7BrF2O3. The van der Waals surface area contributed by atoms with Gasteiger partial charge < -0.3 is 9.84 Å². The third-order valence-corrected chi connectivity index (χ3v) is 2.99. The number of benzene rings is 2. The van der Waals surface area contributed by atoms with Gasteiger partial charge in [0.05, 0.1) is 0 Å². The van der Waals surface area contributed by atoms with Gasteiger partial charge in [0.25, 0.3) is 0 Å². The quantitative estimate of drug-likeness (QED) is 0.917. The van der Waals surface area contributed by atoms with E-state index in [9.17, 15) is 13.6 Å². The van der Waals surface area contributed by atoms with Crippen LogP contribution in [0, 0.1) is 11.6 Å². The fourth-order valence-corrected chi connectivity index (χ4v) is 2.00. The minimum Gasteiger partial charge on any atom is -0.478 e. The maximum Gasteiger partial charge on any atom is 0.340 e. The van der Waals surface area contributed by atoms with Crippen LogP contribution < -0.4 is 4.74 Å². The molecule has 3 nitrogen and oxygen atoms in total. The number of rotatable bonds is 3. The second-order valence-corrected chi connectivity index (χ2v) is 4.43. The highest BCUT2D eigenvalue weighted by Gasteiger charge is 2.18. The van der Waals surface area contributed by atoms with E-state index >= 15 is 0 Å². The van der Waals surface area contributed by atoms with Gasteiger partial charge in [-0.25, -0.2) is 9.18 Å². The van der Waals surface area contributed by atoms with Crippen molar-refractivity contribution < 1.29 is 23.4 Å². The van der Waals surface area contributed by atoms with Crippen molar-refractivity contribution in [1.82, 2.24) is 0 Å². The van der Waals surface area contributed by atoms with Crippen LogP contribution in [-0.2, 0) is 0 Å². The van der Waals surface area contributed by atoms with Crippen LogP contribution in [0.25, 0.3) is 0 Å². The normalized spacial score (nSPS) is 10.3. The summed E-state index contributed by atoms with van der Waals surface area (Å²) in [6.07, 6.45) is 0. The Kier molecular flexibility index (Phi) is 3.80. The van der Waals surface area contributed by atoms with Gasteiger partial charge in [0.15, 0.2) is 11.6 Å². The molecule has 0 saturated carbocycles. The highest BCUT2D eigenvalue weighted by atomic mass is 79.9. The number of ether oxygens (including phenoxy) is 1. The van der Waals surface area contributed by atoms with E-state index in [2.05, 4.69) is 15.9 Å². The van der Waals surface area contributed by atoms with Crippen LogP contribution in [0.2, 0.25) is 0 Å².